The number of hydrogen-bond acceptors (Lipinski definition) is 5. The molecule has 6 nitrogen and oxygen atoms in total. The second-order valence-corrected chi connectivity index (χ2v) is 4.90. The number of rotatable bonds is 8. The lowest BCUT2D eigenvalue weighted by molar-refractivity contribution is 0.0728. The normalized spacial score (nSPS) is 20.6. The van der Waals surface area contributed by atoms with Crippen LogP contribution in [0.3, 0.4) is 0 Å². The smallest absolute Gasteiger partial charge is 0.156 e. The van der Waals surface area contributed by atoms with Crippen molar-refractivity contribution in [3.63, 3.8) is 0 Å². The Bertz CT molecular complexity index is 265. The van der Waals surface area contributed by atoms with E-state index in [2.05, 4.69) is 21.9 Å². The van der Waals surface area contributed by atoms with Gasteiger partial charge in [0.1, 0.15) is 0 Å². The zero-order valence-electron chi connectivity index (χ0n) is 12.2. The van der Waals surface area contributed by atoms with Gasteiger partial charge in [-0.2, -0.15) is 0 Å². The van der Waals surface area contributed by atoms with Crippen molar-refractivity contribution in [3.8, 4) is 0 Å². The Hall–Kier alpha value is -0.850. The van der Waals surface area contributed by atoms with E-state index in [1.165, 1.54) is 0 Å². The summed E-state index contributed by atoms with van der Waals surface area (Å²) >= 11 is 0. The number of piperazine rings is 1. The van der Waals surface area contributed by atoms with Crippen molar-refractivity contribution in [2.24, 2.45) is 10.9 Å². The summed E-state index contributed by atoms with van der Waals surface area (Å²) in [7, 11) is 0. The molecular formula is C13H28N4O2. The molecule has 1 saturated heterocycles. The molecule has 1 aliphatic heterocycles. The zero-order chi connectivity index (χ0) is 14.1. The fourth-order valence-electron chi connectivity index (χ4n) is 2.49. The second-order valence-electron chi connectivity index (χ2n) is 4.90. The van der Waals surface area contributed by atoms with Crippen LogP contribution in [0.5, 0.6) is 0 Å². The Labute approximate surface area is 116 Å². The van der Waals surface area contributed by atoms with Crippen LogP contribution in [0.1, 0.15) is 26.7 Å². The summed E-state index contributed by atoms with van der Waals surface area (Å²) in [6.45, 7) is 10.7. The summed E-state index contributed by atoms with van der Waals surface area (Å²) in [5, 5.41) is 12.0. The van der Waals surface area contributed by atoms with Crippen LogP contribution in [0.15, 0.2) is 5.16 Å². The Morgan fingerprint density at radius 2 is 2.00 bits per heavy atom. The van der Waals surface area contributed by atoms with Gasteiger partial charge in [0.25, 0.3) is 0 Å². The van der Waals surface area contributed by atoms with Crippen molar-refractivity contribution in [2.45, 2.75) is 32.7 Å². The van der Waals surface area contributed by atoms with Crippen molar-refractivity contribution >= 4 is 5.84 Å². The third-order valence-electron chi connectivity index (χ3n) is 3.62. The summed E-state index contributed by atoms with van der Waals surface area (Å²) in [5.74, 6) is 0.338. The molecule has 0 radical (unpaired) electrons. The monoisotopic (exact) mass is 272 g/mol. The highest BCUT2D eigenvalue weighted by atomic mass is 16.5. The zero-order valence-corrected chi connectivity index (χ0v) is 12.2. The average Bonchev–Trinajstić information content (AvgIpc) is 2.45. The van der Waals surface area contributed by atoms with Crippen molar-refractivity contribution in [1.82, 2.24) is 9.80 Å². The highest BCUT2D eigenvalue weighted by Gasteiger charge is 2.25. The van der Waals surface area contributed by atoms with Gasteiger partial charge in [0, 0.05) is 39.3 Å². The van der Waals surface area contributed by atoms with Gasteiger partial charge in [-0.15, -0.1) is 0 Å². The van der Waals surface area contributed by atoms with Gasteiger partial charge in [0.2, 0.25) is 0 Å². The van der Waals surface area contributed by atoms with E-state index in [9.17, 15) is 0 Å². The minimum atomic E-state index is 0.0732. The van der Waals surface area contributed by atoms with E-state index >= 15 is 0 Å². The topological polar surface area (TPSA) is 74.3 Å². The number of oxime groups is 1. The molecular weight excluding hydrogens is 244 g/mol. The van der Waals surface area contributed by atoms with Crippen LogP contribution < -0.4 is 5.73 Å². The molecule has 1 unspecified atom stereocenters. The van der Waals surface area contributed by atoms with E-state index in [1.807, 2.05) is 6.92 Å². The maximum Gasteiger partial charge on any atom is 0.156 e. The Morgan fingerprint density at radius 1 is 1.32 bits per heavy atom. The molecule has 112 valence electrons. The molecule has 1 heterocycles. The predicted molar refractivity (Wildman–Crippen MR) is 76.6 cm³/mol. The minimum Gasteiger partial charge on any atom is -0.409 e. The Kier molecular flexibility index (Phi) is 7.78. The summed E-state index contributed by atoms with van der Waals surface area (Å²) in [6, 6.07) is 0.0732. The molecule has 0 aliphatic carbocycles. The van der Waals surface area contributed by atoms with Gasteiger partial charge in [-0.25, -0.2) is 0 Å². The molecule has 1 rings (SSSR count). The third-order valence-corrected chi connectivity index (χ3v) is 3.62. The van der Waals surface area contributed by atoms with E-state index < -0.39 is 0 Å². The molecule has 0 spiro atoms. The van der Waals surface area contributed by atoms with Crippen LogP contribution in [0.25, 0.3) is 0 Å². The number of nitrogens with two attached hydrogens (primary N) is 1. The summed E-state index contributed by atoms with van der Waals surface area (Å²) < 4.78 is 5.38. The maximum absolute atomic E-state index is 8.87. The highest BCUT2D eigenvalue weighted by Crippen LogP contribution is 2.11. The molecule has 1 aliphatic rings. The van der Waals surface area contributed by atoms with Gasteiger partial charge < -0.3 is 15.7 Å². The first kappa shape index (κ1) is 16.2. The molecule has 0 aromatic heterocycles. The lowest BCUT2D eigenvalue weighted by Gasteiger charge is -2.38. The molecule has 0 aromatic rings. The van der Waals surface area contributed by atoms with Crippen LogP contribution in [-0.4, -0.2) is 72.8 Å². The first-order valence-electron chi connectivity index (χ1n) is 7.24. The van der Waals surface area contributed by atoms with Crippen LogP contribution in [0.2, 0.25) is 0 Å². The van der Waals surface area contributed by atoms with Crippen LogP contribution >= 0.6 is 0 Å². The first-order valence-corrected chi connectivity index (χ1v) is 7.24. The predicted octanol–water partition coefficient (Wildman–Crippen LogP) is 0.556. The quantitative estimate of drug-likeness (QED) is 0.222. The van der Waals surface area contributed by atoms with Gasteiger partial charge in [-0.1, -0.05) is 18.5 Å². The number of ether oxygens (including phenoxy) is 1. The fourth-order valence-corrected chi connectivity index (χ4v) is 2.49. The molecule has 0 amide bonds. The van der Waals surface area contributed by atoms with E-state index in [1.54, 1.807) is 0 Å². The fraction of sp³-hybridized carbons (Fsp3) is 0.923. The Morgan fingerprint density at radius 3 is 2.53 bits per heavy atom. The molecule has 0 bridgehead atoms. The largest absolute Gasteiger partial charge is 0.409 e. The Balaban J connectivity index is 2.38. The number of hydrogen-bond donors (Lipinski definition) is 2. The van der Waals surface area contributed by atoms with Gasteiger partial charge in [0.05, 0.1) is 12.6 Å². The van der Waals surface area contributed by atoms with Crippen LogP contribution in [-0.2, 0) is 4.74 Å². The van der Waals surface area contributed by atoms with Crippen molar-refractivity contribution < 1.29 is 9.94 Å². The molecule has 0 aromatic carbocycles. The number of nitrogens with zero attached hydrogens (tertiary/aromatic N) is 3. The molecule has 0 saturated carbocycles. The molecule has 19 heavy (non-hydrogen) atoms. The lowest BCUT2D eigenvalue weighted by atomic mass is 10.1. The van der Waals surface area contributed by atoms with Crippen molar-refractivity contribution in [3.05, 3.63) is 0 Å². The lowest BCUT2D eigenvalue weighted by Crippen LogP contribution is -2.54. The van der Waals surface area contributed by atoms with E-state index in [-0.39, 0.29) is 6.04 Å². The number of amidine groups is 1. The minimum absolute atomic E-state index is 0.0732. The third kappa shape index (κ3) is 5.34. The standard InChI is InChI=1S/C13H28N4O2/c1-3-5-12(13(14)15-18)17-8-6-16(7-9-17)10-11-19-4-2/h12,18H,3-11H2,1-2H3,(H2,14,15). The molecule has 1 atom stereocenters. The van der Waals surface area contributed by atoms with E-state index in [0.29, 0.717) is 5.84 Å². The van der Waals surface area contributed by atoms with E-state index in [0.717, 1.165) is 58.8 Å². The van der Waals surface area contributed by atoms with E-state index in [4.69, 9.17) is 15.7 Å². The highest BCUT2D eigenvalue weighted by molar-refractivity contribution is 5.85. The molecule has 1 fully saturated rings. The van der Waals surface area contributed by atoms with Crippen molar-refractivity contribution in [1.29, 1.82) is 0 Å². The first-order chi connectivity index (χ1) is 9.22. The maximum atomic E-state index is 8.87. The van der Waals surface area contributed by atoms with Crippen LogP contribution in [0, 0.1) is 0 Å². The van der Waals surface area contributed by atoms with Gasteiger partial charge in [0.15, 0.2) is 5.84 Å². The van der Waals surface area contributed by atoms with Gasteiger partial charge in [-0.05, 0) is 13.3 Å². The molecule has 3 N–H and O–H groups in total. The SMILES string of the molecule is CCCC(C(N)=NO)N1CCN(CCOCC)CC1. The summed E-state index contributed by atoms with van der Waals surface area (Å²) in [6.07, 6.45) is 1.97. The van der Waals surface area contributed by atoms with Crippen molar-refractivity contribution in [2.75, 3.05) is 45.9 Å². The summed E-state index contributed by atoms with van der Waals surface area (Å²) in [4.78, 5) is 4.72. The summed E-state index contributed by atoms with van der Waals surface area (Å²) in [5.41, 5.74) is 5.79. The van der Waals surface area contributed by atoms with Crippen LogP contribution in [0.4, 0.5) is 0 Å². The average molecular weight is 272 g/mol. The second kappa shape index (κ2) is 9.12. The molecule has 6 heteroatoms. The van der Waals surface area contributed by atoms with Gasteiger partial charge >= 0.3 is 0 Å². The van der Waals surface area contributed by atoms with Gasteiger partial charge in [-0.3, -0.25) is 9.80 Å².